The van der Waals surface area contributed by atoms with Crippen molar-refractivity contribution in [2.24, 2.45) is 0 Å². The summed E-state index contributed by atoms with van der Waals surface area (Å²) in [5.74, 6) is 0. The van der Waals surface area contributed by atoms with Crippen molar-refractivity contribution in [1.82, 2.24) is 20.6 Å². The van der Waals surface area contributed by atoms with Crippen LogP contribution in [0, 0.1) is 0 Å². The Hall–Kier alpha value is -1.95. The topological polar surface area (TPSA) is 59.1 Å². The number of thiocarbonyl (C=S) groups is 1. The number of nitrogens with zero attached hydrogens (tertiary/aromatic N) is 2. The maximum absolute atomic E-state index is 4.96. The minimum absolute atomic E-state index is 0.364. The van der Waals surface area contributed by atoms with Gasteiger partial charge in [0.25, 0.3) is 0 Å². The summed E-state index contributed by atoms with van der Waals surface area (Å²) in [5, 5.41) is 6.46. The van der Waals surface area contributed by atoms with Crippen LogP contribution in [0.5, 0.6) is 6.01 Å². The average Bonchev–Trinajstić information content (AvgIpc) is 2.34. The van der Waals surface area contributed by atoms with E-state index in [2.05, 4.69) is 27.2 Å². The summed E-state index contributed by atoms with van der Waals surface area (Å²) in [6.45, 7) is 3.90. The van der Waals surface area contributed by atoms with Crippen LogP contribution in [0.3, 0.4) is 0 Å². The van der Waals surface area contributed by atoms with Gasteiger partial charge in [0.15, 0.2) is 5.11 Å². The van der Waals surface area contributed by atoms with Crippen molar-refractivity contribution in [3.8, 4) is 6.01 Å². The van der Waals surface area contributed by atoms with E-state index in [1.165, 1.54) is 7.11 Å². The number of nitrogens with one attached hydrogen (secondary N) is 2. The fourth-order valence-electron chi connectivity index (χ4n) is 1.41. The minimum Gasteiger partial charge on any atom is -0.467 e. The molecule has 0 atom stereocenters. The van der Waals surface area contributed by atoms with E-state index < -0.39 is 0 Å². The molecule has 0 aromatic carbocycles. The van der Waals surface area contributed by atoms with E-state index in [0.29, 0.717) is 17.5 Å². The summed E-state index contributed by atoms with van der Waals surface area (Å²) in [7, 11) is 1.54. The molecule has 0 aliphatic carbocycles. The molecular formula is C11H12N4OS. The van der Waals surface area contributed by atoms with Gasteiger partial charge in [0.2, 0.25) is 0 Å². The number of allylic oxidation sites excluding steroid dienone is 1. The van der Waals surface area contributed by atoms with E-state index in [0.717, 1.165) is 16.8 Å². The first-order chi connectivity index (χ1) is 8.19. The summed E-state index contributed by atoms with van der Waals surface area (Å²) in [4.78, 5) is 8.09. The lowest BCUT2D eigenvalue weighted by Crippen LogP contribution is -2.36. The van der Waals surface area contributed by atoms with Gasteiger partial charge in [-0.1, -0.05) is 6.58 Å². The molecule has 0 unspecified atom stereocenters. The molecule has 0 bridgehead atoms. The number of aromatic nitrogens is 2. The van der Waals surface area contributed by atoms with Crippen molar-refractivity contribution in [3.05, 3.63) is 42.0 Å². The third-order valence-corrected chi connectivity index (χ3v) is 2.51. The molecular weight excluding hydrogens is 236 g/mol. The Kier molecular flexibility index (Phi) is 3.34. The van der Waals surface area contributed by atoms with Crippen LogP contribution >= 0.6 is 12.2 Å². The molecule has 17 heavy (non-hydrogen) atoms. The Labute approximate surface area is 105 Å². The predicted octanol–water partition coefficient (Wildman–Crippen LogP) is 0.903. The third kappa shape index (κ3) is 2.79. The largest absolute Gasteiger partial charge is 0.467 e. The summed E-state index contributed by atoms with van der Waals surface area (Å²) in [6, 6.07) is 0.364. The molecule has 1 aromatic heterocycles. The van der Waals surface area contributed by atoms with Crippen molar-refractivity contribution < 1.29 is 4.74 Å². The fourth-order valence-corrected chi connectivity index (χ4v) is 1.59. The Balaban J connectivity index is 2.10. The molecule has 2 heterocycles. The quantitative estimate of drug-likeness (QED) is 0.775. The van der Waals surface area contributed by atoms with Crippen LogP contribution in [-0.2, 0) is 6.42 Å². The average molecular weight is 248 g/mol. The van der Waals surface area contributed by atoms with Crippen LogP contribution < -0.4 is 15.4 Å². The Morgan fingerprint density at radius 2 is 2.12 bits per heavy atom. The predicted molar refractivity (Wildman–Crippen MR) is 68.4 cm³/mol. The maximum atomic E-state index is 4.96. The minimum atomic E-state index is 0.364. The smallest absolute Gasteiger partial charge is 0.316 e. The van der Waals surface area contributed by atoms with E-state index in [1.54, 1.807) is 12.4 Å². The molecule has 2 N–H and O–H groups in total. The summed E-state index contributed by atoms with van der Waals surface area (Å²) < 4.78 is 4.90. The molecule has 0 saturated heterocycles. The van der Waals surface area contributed by atoms with Crippen LogP contribution in [0.15, 0.2) is 36.4 Å². The Morgan fingerprint density at radius 1 is 1.41 bits per heavy atom. The van der Waals surface area contributed by atoms with Gasteiger partial charge in [-0.2, -0.15) is 0 Å². The van der Waals surface area contributed by atoms with E-state index >= 15 is 0 Å². The lowest BCUT2D eigenvalue weighted by Gasteiger charge is -2.19. The molecule has 1 aromatic rings. The zero-order valence-corrected chi connectivity index (χ0v) is 10.2. The van der Waals surface area contributed by atoms with E-state index in [4.69, 9.17) is 17.0 Å². The first-order valence-corrected chi connectivity index (χ1v) is 5.40. The van der Waals surface area contributed by atoms with Crippen LogP contribution in [-0.4, -0.2) is 22.2 Å². The molecule has 88 valence electrons. The molecule has 1 aliphatic rings. The Morgan fingerprint density at radius 3 is 2.71 bits per heavy atom. The van der Waals surface area contributed by atoms with Gasteiger partial charge in [-0.15, -0.1) is 0 Å². The molecule has 1 aliphatic heterocycles. The van der Waals surface area contributed by atoms with Gasteiger partial charge in [0, 0.05) is 30.7 Å². The van der Waals surface area contributed by atoms with Crippen LogP contribution in [0.25, 0.3) is 0 Å². The van der Waals surface area contributed by atoms with Crippen LogP contribution in [0.4, 0.5) is 0 Å². The SMILES string of the molecule is C=C1NC(=S)NC=C1Cc1cnc(OC)nc1. The molecule has 0 saturated carbocycles. The van der Waals surface area contributed by atoms with Crippen molar-refractivity contribution in [1.29, 1.82) is 0 Å². The van der Waals surface area contributed by atoms with Gasteiger partial charge < -0.3 is 15.4 Å². The highest BCUT2D eigenvalue weighted by molar-refractivity contribution is 7.80. The standard InChI is InChI=1S/C11H12N4OS/c1-7-9(6-14-11(17)15-7)3-8-4-12-10(16-2)13-5-8/h4-6H,1,3H2,2H3,(H2,14,15,17). The molecule has 6 heteroatoms. The maximum Gasteiger partial charge on any atom is 0.316 e. The second-order valence-corrected chi connectivity index (χ2v) is 3.91. The first kappa shape index (κ1) is 11.5. The zero-order chi connectivity index (χ0) is 12.3. The van der Waals surface area contributed by atoms with Crippen LogP contribution in [0.1, 0.15) is 5.56 Å². The zero-order valence-electron chi connectivity index (χ0n) is 9.36. The number of methoxy groups -OCH3 is 1. The highest BCUT2D eigenvalue weighted by atomic mass is 32.1. The van der Waals surface area contributed by atoms with Gasteiger partial charge in [0.1, 0.15) is 0 Å². The molecule has 5 nitrogen and oxygen atoms in total. The van der Waals surface area contributed by atoms with Gasteiger partial charge in [-0.05, 0) is 23.4 Å². The number of hydrogen-bond acceptors (Lipinski definition) is 4. The van der Waals surface area contributed by atoms with E-state index in [9.17, 15) is 0 Å². The molecule has 0 amide bonds. The van der Waals surface area contributed by atoms with Gasteiger partial charge in [0.05, 0.1) is 7.11 Å². The summed E-state index contributed by atoms with van der Waals surface area (Å²) in [5.41, 5.74) is 2.80. The lowest BCUT2D eigenvalue weighted by atomic mass is 10.1. The van der Waals surface area contributed by atoms with Gasteiger partial charge >= 0.3 is 6.01 Å². The highest BCUT2D eigenvalue weighted by Gasteiger charge is 2.11. The second-order valence-electron chi connectivity index (χ2n) is 3.50. The van der Waals surface area contributed by atoms with Crippen molar-refractivity contribution in [2.45, 2.75) is 6.42 Å². The van der Waals surface area contributed by atoms with E-state index in [1.807, 2.05) is 6.20 Å². The Bertz CT molecular complexity index is 481. The number of ether oxygens (including phenoxy) is 1. The third-order valence-electron chi connectivity index (χ3n) is 2.29. The van der Waals surface area contributed by atoms with Crippen molar-refractivity contribution in [3.63, 3.8) is 0 Å². The van der Waals surface area contributed by atoms with Gasteiger partial charge in [-0.25, -0.2) is 9.97 Å². The fraction of sp³-hybridized carbons (Fsp3) is 0.182. The van der Waals surface area contributed by atoms with Crippen molar-refractivity contribution >= 4 is 17.3 Å². The molecule has 2 rings (SSSR count). The normalized spacial score (nSPS) is 14.8. The number of hydrogen-bond donors (Lipinski definition) is 2. The lowest BCUT2D eigenvalue weighted by molar-refractivity contribution is 0.379. The van der Waals surface area contributed by atoms with E-state index in [-0.39, 0.29) is 0 Å². The number of rotatable bonds is 3. The molecule has 0 radical (unpaired) electrons. The first-order valence-electron chi connectivity index (χ1n) is 5.00. The summed E-state index contributed by atoms with van der Waals surface area (Å²) in [6.07, 6.45) is 5.98. The van der Waals surface area contributed by atoms with Gasteiger partial charge in [-0.3, -0.25) is 0 Å². The highest BCUT2D eigenvalue weighted by Crippen LogP contribution is 2.14. The summed E-state index contributed by atoms with van der Waals surface area (Å²) >= 11 is 4.96. The molecule has 0 spiro atoms. The van der Waals surface area contributed by atoms with Crippen LogP contribution in [0.2, 0.25) is 0 Å². The molecule has 0 fully saturated rings. The second kappa shape index (κ2) is 4.92. The monoisotopic (exact) mass is 248 g/mol. The van der Waals surface area contributed by atoms with Crippen molar-refractivity contribution in [2.75, 3.05) is 7.11 Å².